The number of rotatable bonds is 6. The number of hydrogen-bond donors (Lipinski definition) is 0. The van der Waals surface area contributed by atoms with Gasteiger partial charge in [0.1, 0.15) is 12.4 Å². The fraction of sp³-hybridized carbons (Fsp3) is 0.111. The maximum absolute atomic E-state index is 12.7. The van der Waals surface area contributed by atoms with Gasteiger partial charge in [0.15, 0.2) is 11.6 Å². The monoisotopic (exact) mass is 328 g/mol. The first-order chi connectivity index (χ1) is 11.6. The van der Waals surface area contributed by atoms with Crippen molar-refractivity contribution in [1.82, 2.24) is 9.55 Å². The van der Waals surface area contributed by atoms with Gasteiger partial charge >= 0.3 is 6.55 Å². The maximum Gasteiger partial charge on any atom is 0.320 e. The Hall–Kier alpha value is -3.02. The largest absolute Gasteiger partial charge is 0.486 e. The van der Waals surface area contributed by atoms with Gasteiger partial charge in [0.25, 0.3) is 0 Å². The predicted octanol–water partition coefficient (Wildman–Crippen LogP) is 4.09. The van der Waals surface area contributed by atoms with Gasteiger partial charge in [0.2, 0.25) is 0 Å². The molecule has 0 spiro atoms. The Labute approximate surface area is 137 Å². The third-order valence-electron chi connectivity index (χ3n) is 3.48. The van der Waals surface area contributed by atoms with Crippen molar-refractivity contribution in [2.24, 2.45) is 0 Å². The number of carbonyl (C=O) groups excluding carboxylic acids is 1. The van der Waals surface area contributed by atoms with Gasteiger partial charge in [0, 0.05) is 23.5 Å². The lowest BCUT2D eigenvalue weighted by Crippen LogP contribution is -2.07. The average Bonchev–Trinajstić information content (AvgIpc) is 3.09. The number of aromatic nitrogens is 2. The van der Waals surface area contributed by atoms with Crippen LogP contribution in [0.2, 0.25) is 0 Å². The minimum absolute atomic E-state index is 0.0800. The molecule has 1 heterocycles. The summed E-state index contributed by atoms with van der Waals surface area (Å²) in [5.74, 6) is 0.522. The van der Waals surface area contributed by atoms with Crippen LogP contribution >= 0.6 is 0 Å². The zero-order valence-corrected chi connectivity index (χ0v) is 12.6. The van der Waals surface area contributed by atoms with Crippen molar-refractivity contribution in [2.45, 2.75) is 13.2 Å². The number of alkyl halides is 2. The predicted molar refractivity (Wildman–Crippen MR) is 84.1 cm³/mol. The van der Waals surface area contributed by atoms with Gasteiger partial charge in [-0.05, 0) is 24.3 Å². The fourth-order valence-corrected chi connectivity index (χ4v) is 2.24. The van der Waals surface area contributed by atoms with Crippen LogP contribution in [0.5, 0.6) is 5.75 Å². The second kappa shape index (κ2) is 7.04. The third kappa shape index (κ3) is 3.48. The zero-order valence-electron chi connectivity index (χ0n) is 12.6. The summed E-state index contributed by atoms with van der Waals surface area (Å²) in [6.45, 7) is -2.74. The van der Waals surface area contributed by atoms with Crippen molar-refractivity contribution in [3.05, 3.63) is 83.9 Å². The van der Waals surface area contributed by atoms with Crippen LogP contribution in [0.15, 0.2) is 67.0 Å². The SMILES string of the molecule is O=C(c1ccccc1)c1ccc(OCc2nccn2C(F)F)cc1. The molecule has 0 aliphatic rings. The number of carbonyl (C=O) groups is 1. The number of nitrogens with zero attached hydrogens (tertiary/aromatic N) is 2. The first-order valence-corrected chi connectivity index (χ1v) is 7.27. The molecule has 0 fully saturated rings. The van der Waals surface area contributed by atoms with Gasteiger partial charge in [-0.3, -0.25) is 9.36 Å². The van der Waals surface area contributed by atoms with E-state index in [2.05, 4.69) is 4.98 Å². The van der Waals surface area contributed by atoms with E-state index in [1.807, 2.05) is 6.07 Å². The van der Waals surface area contributed by atoms with Crippen molar-refractivity contribution in [3.63, 3.8) is 0 Å². The molecule has 0 atom stereocenters. The quantitative estimate of drug-likeness (QED) is 0.640. The van der Waals surface area contributed by atoms with Crippen molar-refractivity contribution < 1.29 is 18.3 Å². The second-order valence-electron chi connectivity index (χ2n) is 5.04. The van der Waals surface area contributed by atoms with Crippen LogP contribution in [0, 0.1) is 0 Å². The van der Waals surface area contributed by atoms with Gasteiger partial charge in [-0.25, -0.2) is 4.98 Å². The second-order valence-corrected chi connectivity index (χ2v) is 5.04. The van der Waals surface area contributed by atoms with Crippen molar-refractivity contribution in [2.75, 3.05) is 0 Å². The normalized spacial score (nSPS) is 10.8. The highest BCUT2D eigenvalue weighted by Crippen LogP contribution is 2.18. The molecule has 0 N–H and O–H groups in total. The number of halogens is 2. The number of ketones is 1. The average molecular weight is 328 g/mol. The summed E-state index contributed by atoms with van der Waals surface area (Å²) in [5, 5.41) is 0. The molecule has 4 nitrogen and oxygen atoms in total. The molecule has 1 aromatic heterocycles. The first kappa shape index (κ1) is 15.9. The van der Waals surface area contributed by atoms with Gasteiger partial charge in [-0.2, -0.15) is 8.78 Å². The minimum atomic E-state index is -2.66. The molecule has 3 rings (SSSR count). The van der Waals surface area contributed by atoms with E-state index in [4.69, 9.17) is 4.74 Å². The molecule has 3 aromatic rings. The molecule has 122 valence electrons. The Kier molecular flexibility index (Phi) is 4.65. The van der Waals surface area contributed by atoms with Gasteiger partial charge in [-0.15, -0.1) is 0 Å². The summed E-state index contributed by atoms with van der Waals surface area (Å²) in [6, 6.07) is 15.5. The van der Waals surface area contributed by atoms with Crippen LogP contribution in [0.4, 0.5) is 8.78 Å². The molecule has 2 aromatic carbocycles. The van der Waals surface area contributed by atoms with Gasteiger partial charge in [-0.1, -0.05) is 30.3 Å². The highest BCUT2D eigenvalue weighted by Gasteiger charge is 2.12. The maximum atomic E-state index is 12.7. The van der Waals surface area contributed by atoms with E-state index in [1.54, 1.807) is 48.5 Å². The molecule has 6 heteroatoms. The molecule has 0 radical (unpaired) electrons. The van der Waals surface area contributed by atoms with Crippen LogP contribution < -0.4 is 4.74 Å². The van der Waals surface area contributed by atoms with Crippen LogP contribution in [-0.4, -0.2) is 15.3 Å². The van der Waals surface area contributed by atoms with Crippen LogP contribution in [0.3, 0.4) is 0 Å². The lowest BCUT2D eigenvalue weighted by molar-refractivity contribution is 0.0632. The van der Waals surface area contributed by atoms with E-state index in [-0.39, 0.29) is 18.2 Å². The summed E-state index contributed by atoms with van der Waals surface area (Å²) < 4.78 is 31.6. The van der Waals surface area contributed by atoms with Gasteiger partial charge < -0.3 is 4.74 Å². The molecule has 0 saturated heterocycles. The summed E-state index contributed by atoms with van der Waals surface area (Å²) in [5.41, 5.74) is 1.13. The Morgan fingerprint density at radius 3 is 2.38 bits per heavy atom. The third-order valence-corrected chi connectivity index (χ3v) is 3.48. The molecule has 0 bridgehead atoms. The van der Waals surface area contributed by atoms with Crippen LogP contribution in [0.1, 0.15) is 28.3 Å². The summed E-state index contributed by atoms with van der Waals surface area (Å²) >= 11 is 0. The molecule has 0 aliphatic carbocycles. The molecular formula is C18H14F2N2O2. The topological polar surface area (TPSA) is 44.1 Å². The lowest BCUT2D eigenvalue weighted by Gasteiger charge is -2.09. The summed E-state index contributed by atoms with van der Waals surface area (Å²) in [7, 11) is 0. The lowest BCUT2D eigenvalue weighted by atomic mass is 10.0. The highest BCUT2D eigenvalue weighted by molar-refractivity contribution is 6.08. The van der Waals surface area contributed by atoms with E-state index >= 15 is 0 Å². The molecule has 0 unspecified atom stereocenters. The van der Waals surface area contributed by atoms with Crippen molar-refractivity contribution in [1.29, 1.82) is 0 Å². The van der Waals surface area contributed by atoms with Crippen LogP contribution in [-0.2, 0) is 6.61 Å². The minimum Gasteiger partial charge on any atom is -0.486 e. The molecule has 0 aliphatic heterocycles. The zero-order chi connectivity index (χ0) is 16.9. The standard InChI is InChI=1S/C18H14F2N2O2/c19-18(20)22-11-10-21-16(22)12-24-15-8-6-14(7-9-15)17(23)13-4-2-1-3-5-13/h1-11,18H,12H2. The van der Waals surface area contributed by atoms with E-state index in [0.29, 0.717) is 16.9 Å². The van der Waals surface area contributed by atoms with E-state index < -0.39 is 6.55 Å². The van der Waals surface area contributed by atoms with Crippen LogP contribution in [0.25, 0.3) is 0 Å². The Morgan fingerprint density at radius 2 is 1.71 bits per heavy atom. The summed E-state index contributed by atoms with van der Waals surface area (Å²) in [6.07, 6.45) is 2.50. The Balaban J connectivity index is 1.67. The summed E-state index contributed by atoms with van der Waals surface area (Å²) in [4.78, 5) is 16.1. The van der Waals surface area contributed by atoms with Crippen molar-refractivity contribution >= 4 is 5.78 Å². The number of ether oxygens (including phenoxy) is 1. The molecule has 24 heavy (non-hydrogen) atoms. The van der Waals surface area contributed by atoms with Crippen molar-refractivity contribution in [3.8, 4) is 5.75 Å². The van der Waals surface area contributed by atoms with E-state index in [1.165, 1.54) is 12.4 Å². The highest BCUT2D eigenvalue weighted by atomic mass is 19.3. The number of hydrogen-bond acceptors (Lipinski definition) is 3. The number of benzene rings is 2. The van der Waals surface area contributed by atoms with E-state index in [9.17, 15) is 13.6 Å². The fourth-order valence-electron chi connectivity index (χ4n) is 2.24. The number of imidazole rings is 1. The van der Waals surface area contributed by atoms with E-state index in [0.717, 1.165) is 4.57 Å². The molecule has 0 amide bonds. The Bertz CT molecular complexity index is 815. The first-order valence-electron chi connectivity index (χ1n) is 7.27. The Morgan fingerprint density at radius 1 is 1.04 bits per heavy atom. The smallest absolute Gasteiger partial charge is 0.320 e. The van der Waals surface area contributed by atoms with Gasteiger partial charge in [0.05, 0.1) is 0 Å². The molecular weight excluding hydrogens is 314 g/mol. The molecule has 0 saturated carbocycles.